The van der Waals surface area contributed by atoms with Crippen molar-refractivity contribution in [2.75, 3.05) is 25.5 Å². The van der Waals surface area contributed by atoms with E-state index in [0.717, 1.165) is 11.3 Å². The quantitative estimate of drug-likeness (QED) is 0.815. The van der Waals surface area contributed by atoms with Gasteiger partial charge in [0.15, 0.2) is 0 Å². The lowest BCUT2D eigenvalue weighted by Crippen LogP contribution is -2.29. The van der Waals surface area contributed by atoms with Gasteiger partial charge in [0.25, 0.3) is 11.8 Å². The zero-order chi connectivity index (χ0) is 16.4. The zero-order valence-electron chi connectivity index (χ0n) is 13.2. The highest BCUT2D eigenvalue weighted by atomic mass is 16.2. The van der Waals surface area contributed by atoms with Gasteiger partial charge in [-0.25, -0.2) is 0 Å². The number of hydrogen-bond acceptors (Lipinski definition) is 3. The van der Waals surface area contributed by atoms with Crippen LogP contribution >= 0.6 is 0 Å². The molecule has 1 heterocycles. The molecule has 0 unspecified atom stereocenters. The number of amides is 2. The monoisotopic (exact) mass is 306 g/mol. The predicted octanol–water partition coefficient (Wildman–Crippen LogP) is 3.06. The molecule has 0 aromatic heterocycles. The molecule has 0 saturated carbocycles. The molecule has 0 spiro atoms. The molecule has 4 heteroatoms. The molecule has 0 fully saturated rings. The highest BCUT2D eigenvalue weighted by Crippen LogP contribution is 2.22. The van der Waals surface area contributed by atoms with Crippen LogP contribution in [-0.4, -0.2) is 37.4 Å². The Morgan fingerprint density at radius 2 is 1.48 bits per heavy atom. The maximum atomic E-state index is 12.2. The number of imide groups is 1. The molecule has 0 N–H and O–H groups in total. The average molecular weight is 306 g/mol. The fraction of sp³-hybridized carbons (Fsp3) is 0.158. The van der Waals surface area contributed by atoms with E-state index in [-0.39, 0.29) is 18.4 Å². The number of rotatable bonds is 4. The van der Waals surface area contributed by atoms with Gasteiger partial charge in [-0.15, -0.1) is 0 Å². The first-order chi connectivity index (χ1) is 11.1. The first-order valence-corrected chi connectivity index (χ1v) is 7.47. The number of carbonyl (C=O) groups excluding carboxylic acids is 2. The molecule has 0 aliphatic carbocycles. The highest BCUT2D eigenvalue weighted by Gasteiger charge is 2.33. The van der Waals surface area contributed by atoms with Crippen molar-refractivity contribution >= 4 is 23.6 Å². The molecule has 0 saturated heterocycles. The highest BCUT2D eigenvalue weighted by molar-refractivity contribution is 6.21. The van der Waals surface area contributed by atoms with Crippen LogP contribution in [0.3, 0.4) is 0 Å². The summed E-state index contributed by atoms with van der Waals surface area (Å²) in [4.78, 5) is 27.8. The van der Waals surface area contributed by atoms with Gasteiger partial charge in [-0.1, -0.05) is 36.4 Å². The Bertz CT molecular complexity index is 741. The molecule has 4 nitrogen and oxygen atoms in total. The summed E-state index contributed by atoms with van der Waals surface area (Å²) < 4.78 is 0. The molecular formula is C19H18N2O2. The van der Waals surface area contributed by atoms with E-state index in [1.807, 2.05) is 55.4 Å². The minimum atomic E-state index is -0.224. The minimum absolute atomic E-state index is 0.224. The standard InChI is InChI=1S/C19H18N2O2/c1-20(2)15-11-9-14(10-12-15)6-5-13-21-18(22)16-7-3-4-8-17(16)19(21)23/h3-12H,13H2,1-2H3/b6-5+. The van der Waals surface area contributed by atoms with Crippen LogP contribution in [0.5, 0.6) is 0 Å². The van der Waals surface area contributed by atoms with E-state index >= 15 is 0 Å². The predicted molar refractivity (Wildman–Crippen MR) is 91.6 cm³/mol. The summed E-state index contributed by atoms with van der Waals surface area (Å²) in [6, 6.07) is 15.0. The SMILES string of the molecule is CN(C)c1ccc(/C=C/CN2C(=O)c3ccccc3C2=O)cc1. The Kier molecular flexibility index (Phi) is 3.98. The van der Waals surface area contributed by atoms with Crippen molar-refractivity contribution in [1.29, 1.82) is 0 Å². The van der Waals surface area contributed by atoms with E-state index in [1.165, 1.54) is 4.90 Å². The molecular weight excluding hydrogens is 288 g/mol. The number of nitrogens with zero attached hydrogens (tertiary/aromatic N) is 2. The van der Waals surface area contributed by atoms with Gasteiger partial charge in [-0.3, -0.25) is 14.5 Å². The molecule has 116 valence electrons. The molecule has 2 aromatic carbocycles. The number of hydrogen-bond donors (Lipinski definition) is 0. The second-order valence-electron chi connectivity index (χ2n) is 5.65. The Hall–Kier alpha value is -2.88. The normalized spacial score (nSPS) is 13.7. The molecule has 0 radical (unpaired) electrons. The van der Waals surface area contributed by atoms with E-state index in [1.54, 1.807) is 24.3 Å². The van der Waals surface area contributed by atoms with Crippen LogP contribution in [0.2, 0.25) is 0 Å². The van der Waals surface area contributed by atoms with Crippen molar-refractivity contribution in [1.82, 2.24) is 4.90 Å². The third-order valence-electron chi connectivity index (χ3n) is 3.89. The fourth-order valence-corrected chi connectivity index (χ4v) is 2.58. The molecule has 3 rings (SSSR count). The lowest BCUT2D eigenvalue weighted by Gasteiger charge is -2.12. The van der Waals surface area contributed by atoms with Crippen molar-refractivity contribution < 1.29 is 9.59 Å². The zero-order valence-corrected chi connectivity index (χ0v) is 13.2. The summed E-state index contributed by atoms with van der Waals surface area (Å²) in [5.41, 5.74) is 3.14. The van der Waals surface area contributed by atoms with Gasteiger partial charge >= 0.3 is 0 Å². The smallest absolute Gasteiger partial charge is 0.261 e. The average Bonchev–Trinajstić information content (AvgIpc) is 2.81. The van der Waals surface area contributed by atoms with Crippen molar-refractivity contribution in [2.24, 2.45) is 0 Å². The first kappa shape index (κ1) is 15.0. The lowest BCUT2D eigenvalue weighted by molar-refractivity contribution is 0.0672. The topological polar surface area (TPSA) is 40.6 Å². The van der Waals surface area contributed by atoms with Crippen LogP contribution < -0.4 is 4.90 Å². The van der Waals surface area contributed by atoms with Crippen molar-refractivity contribution in [2.45, 2.75) is 0 Å². The Morgan fingerprint density at radius 1 is 0.913 bits per heavy atom. The summed E-state index contributed by atoms with van der Waals surface area (Å²) >= 11 is 0. The maximum Gasteiger partial charge on any atom is 0.261 e. The van der Waals surface area contributed by atoms with E-state index < -0.39 is 0 Å². The van der Waals surface area contributed by atoms with Crippen LogP contribution in [-0.2, 0) is 0 Å². The van der Waals surface area contributed by atoms with Gasteiger partial charge in [0.05, 0.1) is 11.1 Å². The third-order valence-corrected chi connectivity index (χ3v) is 3.89. The van der Waals surface area contributed by atoms with Gasteiger partial charge in [0, 0.05) is 26.3 Å². The largest absolute Gasteiger partial charge is 0.378 e. The molecule has 1 aliphatic rings. The van der Waals surface area contributed by atoms with Gasteiger partial charge in [-0.2, -0.15) is 0 Å². The Morgan fingerprint density at radius 3 is 2.00 bits per heavy atom. The van der Waals surface area contributed by atoms with E-state index in [0.29, 0.717) is 11.1 Å². The molecule has 0 bridgehead atoms. The fourth-order valence-electron chi connectivity index (χ4n) is 2.58. The summed E-state index contributed by atoms with van der Waals surface area (Å²) in [6.45, 7) is 0.280. The molecule has 2 amide bonds. The van der Waals surface area contributed by atoms with Gasteiger partial charge in [0.1, 0.15) is 0 Å². The summed E-state index contributed by atoms with van der Waals surface area (Å²) in [5, 5.41) is 0. The Labute approximate surface area is 135 Å². The van der Waals surface area contributed by atoms with Gasteiger partial charge in [0.2, 0.25) is 0 Å². The van der Waals surface area contributed by atoms with E-state index in [2.05, 4.69) is 0 Å². The minimum Gasteiger partial charge on any atom is -0.378 e. The molecule has 1 aliphatic heterocycles. The second kappa shape index (κ2) is 6.08. The second-order valence-corrected chi connectivity index (χ2v) is 5.65. The number of fused-ring (bicyclic) bond motifs is 1. The number of benzene rings is 2. The molecule has 0 atom stereocenters. The van der Waals surface area contributed by atoms with Crippen molar-refractivity contribution in [3.05, 3.63) is 71.3 Å². The van der Waals surface area contributed by atoms with Crippen molar-refractivity contribution in [3.63, 3.8) is 0 Å². The number of carbonyl (C=O) groups is 2. The van der Waals surface area contributed by atoms with Gasteiger partial charge in [-0.05, 0) is 29.8 Å². The summed E-state index contributed by atoms with van der Waals surface area (Å²) in [7, 11) is 3.99. The summed E-state index contributed by atoms with van der Waals surface area (Å²) in [6.07, 6.45) is 3.76. The van der Waals surface area contributed by atoms with Crippen molar-refractivity contribution in [3.8, 4) is 0 Å². The molecule has 2 aromatic rings. The van der Waals surface area contributed by atoms with Crippen LogP contribution in [0.15, 0.2) is 54.6 Å². The van der Waals surface area contributed by atoms with Crippen LogP contribution in [0.4, 0.5) is 5.69 Å². The van der Waals surface area contributed by atoms with Crippen LogP contribution in [0.1, 0.15) is 26.3 Å². The van der Waals surface area contributed by atoms with Gasteiger partial charge < -0.3 is 4.90 Å². The summed E-state index contributed by atoms with van der Waals surface area (Å²) in [5.74, 6) is -0.448. The lowest BCUT2D eigenvalue weighted by atomic mass is 10.1. The maximum absolute atomic E-state index is 12.2. The number of anilines is 1. The molecule has 23 heavy (non-hydrogen) atoms. The van der Waals surface area contributed by atoms with Crippen LogP contribution in [0.25, 0.3) is 6.08 Å². The van der Waals surface area contributed by atoms with E-state index in [4.69, 9.17) is 0 Å². The van der Waals surface area contributed by atoms with Crippen LogP contribution in [0, 0.1) is 0 Å². The Balaban J connectivity index is 1.69. The third kappa shape index (κ3) is 2.88. The first-order valence-electron chi connectivity index (χ1n) is 7.47. The van der Waals surface area contributed by atoms with E-state index in [9.17, 15) is 9.59 Å².